The Labute approximate surface area is 108 Å². The molecule has 1 aromatic carbocycles. The monoisotopic (exact) mass is 270 g/mol. The molecule has 1 fully saturated rings. The van der Waals surface area contributed by atoms with Crippen LogP contribution in [-0.2, 0) is 4.74 Å². The highest BCUT2D eigenvalue weighted by Crippen LogP contribution is 2.24. The topological polar surface area (TPSA) is 116 Å². The number of ether oxygens (including phenoxy) is 2. The average molecular weight is 270 g/mol. The molecule has 1 aliphatic heterocycles. The number of hydrogen-bond acceptors (Lipinski definition) is 6. The van der Waals surface area contributed by atoms with Crippen molar-refractivity contribution in [1.29, 1.82) is 0 Å². The molecule has 1 aromatic rings. The van der Waals surface area contributed by atoms with Gasteiger partial charge in [-0.3, -0.25) is 0 Å². The fraction of sp³-hybridized carbons (Fsp3) is 0.417. The predicted octanol–water partition coefficient (Wildman–Crippen LogP) is -0.797. The van der Waals surface area contributed by atoms with Crippen LogP contribution in [0.25, 0.3) is 0 Å². The first-order chi connectivity index (χ1) is 9.02. The fourth-order valence-corrected chi connectivity index (χ4v) is 1.77. The van der Waals surface area contributed by atoms with Gasteiger partial charge in [-0.2, -0.15) is 0 Å². The summed E-state index contributed by atoms with van der Waals surface area (Å²) in [4.78, 5) is 10.7. The first-order valence-corrected chi connectivity index (χ1v) is 5.65. The van der Waals surface area contributed by atoms with Crippen LogP contribution in [0.3, 0.4) is 0 Å². The van der Waals surface area contributed by atoms with Gasteiger partial charge in [-0.15, -0.1) is 0 Å². The van der Waals surface area contributed by atoms with Gasteiger partial charge in [0.15, 0.2) is 0 Å². The molecule has 4 atom stereocenters. The molecule has 0 radical (unpaired) electrons. The molecule has 0 aromatic heterocycles. The van der Waals surface area contributed by atoms with Crippen LogP contribution in [0.2, 0.25) is 0 Å². The number of carbonyl (C=O) groups is 1. The summed E-state index contributed by atoms with van der Waals surface area (Å²) in [7, 11) is 0. The van der Waals surface area contributed by atoms with E-state index in [1.54, 1.807) is 0 Å². The second-order valence-corrected chi connectivity index (χ2v) is 4.15. The second-order valence-electron chi connectivity index (χ2n) is 4.15. The van der Waals surface area contributed by atoms with Crippen molar-refractivity contribution in [3.05, 3.63) is 29.8 Å². The van der Waals surface area contributed by atoms with Crippen molar-refractivity contribution in [3.63, 3.8) is 0 Å². The molecule has 7 heteroatoms. The van der Waals surface area contributed by atoms with Gasteiger partial charge >= 0.3 is 5.97 Å². The molecule has 0 amide bonds. The molecular weight excluding hydrogens is 256 g/mol. The number of hydrogen-bond donors (Lipinski definition) is 4. The summed E-state index contributed by atoms with van der Waals surface area (Å²) in [6, 6.07) is 5.52. The Balaban J connectivity index is 2.03. The number of rotatable bonds is 4. The number of benzene rings is 1. The van der Waals surface area contributed by atoms with Crippen LogP contribution in [0.15, 0.2) is 24.3 Å². The zero-order valence-corrected chi connectivity index (χ0v) is 9.84. The molecule has 4 N–H and O–H groups in total. The number of aliphatic hydroxyl groups is 3. The molecule has 19 heavy (non-hydrogen) atoms. The highest BCUT2D eigenvalue weighted by Gasteiger charge is 2.43. The number of aromatic carboxylic acids is 1. The third kappa shape index (κ3) is 2.85. The zero-order chi connectivity index (χ0) is 14.0. The van der Waals surface area contributed by atoms with Gasteiger partial charge in [0.2, 0.25) is 6.29 Å². The van der Waals surface area contributed by atoms with E-state index in [4.69, 9.17) is 19.7 Å². The van der Waals surface area contributed by atoms with E-state index in [2.05, 4.69) is 0 Å². The van der Waals surface area contributed by atoms with Gasteiger partial charge in [-0.25, -0.2) is 4.79 Å². The summed E-state index contributed by atoms with van der Waals surface area (Å²) < 4.78 is 10.4. The van der Waals surface area contributed by atoms with E-state index in [-0.39, 0.29) is 5.56 Å². The molecule has 0 aliphatic carbocycles. The summed E-state index contributed by atoms with van der Waals surface area (Å²) in [5, 5.41) is 36.8. The fourth-order valence-electron chi connectivity index (χ4n) is 1.77. The smallest absolute Gasteiger partial charge is 0.335 e. The molecule has 1 heterocycles. The minimum Gasteiger partial charge on any atom is -0.478 e. The Kier molecular flexibility index (Phi) is 4.01. The maximum absolute atomic E-state index is 10.7. The van der Waals surface area contributed by atoms with Gasteiger partial charge in [-0.1, -0.05) is 0 Å². The lowest BCUT2D eigenvalue weighted by Crippen LogP contribution is -2.35. The summed E-state index contributed by atoms with van der Waals surface area (Å²) in [5.41, 5.74) is 0.105. The highest BCUT2D eigenvalue weighted by atomic mass is 16.7. The Morgan fingerprint density at radius 1 is 1.21 bits per heavy atom. The molecule has 0 saturated carbocycles. The van der Waals surface area contributed by atoms with E-state index < -0.39 is 37.2 Å². The van der Waals surface area contributed by atoms with Crippen LogP contribution in [0, 0.1) is 0 Å². The number of carboxylic acids is 1. The highest BCUT2D eigenvalue weighted by molar-refractivity contribution is 5.87. The third-order valence-electron chi connectivity index (χ3n) is 2.85. The molecule has 4 unspecified atom stereocenters. The van der Waals surface area contributed by atoms with Gasteiger partial charge < -0.3 is 29.9 Å². The van der Waals surface area contributed by atoms with E-state index in [1.807, 2.05) is 0 Å². The van der Waals surface area contributed by atoms with Crippen molar-refractivity contribution in [1.82, 2.24) is 0 Å². The molecule has 0 spiro atoms. The lowest BCUT2D eigenvalue weighted by molar-refractivity contribution is -0.116. The SMILES string of the molecule is O=C(O)c1ccc(OC2OC(CO)C(O)C2O)cc1. The van der Waals surface area contributed by atoms with Crippen molar-refractivity contribution < 1.29 is 34.7 Å². The van der Waals surface area contributed by atoms with Crippen molar-refractivity contribution in [2.75, 3.05) is 6.61 Å². The van der Waals surface area contributed by atoms with Crippen LogP contribution >= 0.6 is 0 Å². The van der Waals surface area contributed by atoms with Gasteiger partial charge in [0, 0.05) is 0 Å². The van der Waals surface area contributed by atoms with E-state index in [1.165, 1.54) is 24.3 Å². The van der Waals surface area contributed by atoms with E-state index in [0.29, 0.717) is 5.75 Å². The molecule has 0 bridgehead atoms. The second kappa shape index (κ2) is 5.54. The van der Waals surface area contributed by atoms with E-state index >= 15 is 0 Å². The van der Waals surface area contributed by atoms with Gasteiger partial charge in [-0.05, 0) is 24.3 Å². The lowest BCUT2D eigenvalue weighted by Gasteiger charge is -2.16. The first-order valence-electron chi connectivity index (χ1n) is 5.65. The summed E-state index contributed by atoms with van der Waals surface area (Å²) in [5.74, 6) is -0.765. The van der Waals surface area contributed by atoms with Crippen molar-refractivity contribution in [2.24, 2.45) is 0 Å². The Morgan fingerprint density at radius 3 is 2.32 bits per heavy atom. The van der Waals surface area contributed by atoms with Gasteiger partial charge in [0.25, 0.3) is 0 Å². The predicted molar refractivity (Wildman–Crippen MR) is 61.8 cm³/mol. The molecule has 1 aliphatic rings. The van der Waals surface area contributed by atoms with Crippen LogP contribution in [-0.4, -0.2) is 57.6 Å². The quantitative estimate of drug-likeness (QED) is 0.566. The van der Waals surface area contributed by atoms with Crippen LogP contribution in [0.4, 0.5) is 0 Å². The average Bonchev–Trinajstić information content (AvgIpc) is 2.67. The molecule has 2 rings (SSSR count). The first kappa shape index (κ1) is 13.8. The number of carboxylic acid groups (broad SMARTS) is 1. The molecular formula is C12H14O7. The normalized spacial score (nSPS) is 30.3. The Hall–Kier alpha value is -1.67. The molecule has 104 valence electrons. The van der Waals surface area contributed by atoms with Crippen LogP contribution < -0.4 is 4.74 Å². The van der Waals surface area contributed by atoms with Crippen molar-refractivity contribution in [3.8, 4) is 5.75 Å². The zero-order valence-electron chi connectivity index (χ0n) is 9.84. The number of aliphatic hydroxyl groups excluding tert-OH is 3. The van der Waals surface area contributed by atoms with Crippen molar-refractivity contribution >= 4 is 5.97 Å². The van der Waals surface area contributed by atoms with E-state index in [0.717, 1.165) is 0 Å². The van der Waals surface area contributed by atoms with Crippen LogP contribution in [0.5, 0.6) is 5.75 Å². The Morgan fingerprint density at radius 2 is 1.84 bits per heavy atom. The van der Waals surface area contributed by atoms with Gasteiger partial charge in [0.05, 0.1) is 12.2 Å². The standard InChI is InChI=1S/C12H14O7/c13-5-8-9(14)10(15)12(19-8)18-7-3-1-6(2-4-7)11(16)17/h1-4,8-10,12-15H,5H2,(H,16,17). The minimum atomic E-state index is -1.28. The molecule has 7 nitrogen and oxygen atoms in total. The van der Waals surface area contributed by atoms with Crippen molar-refractivity contribution in [2.45, 2.75) is 24.6 Å². The van der Waals surface area contributed by atoms with Gasteiger partial charge in [0.1, 0.15) is 24.1 Å². The van der Waals surface area contributed by atoms with Crippen LogP contribution in [0.1, 0.15) is 10.4 Å². The third-order valence-corrected chi connectivity index (χ3v) is 2.85. The summed E-state index contributed by atoms with van der Waals surface area (Å²) in [6.45, 7) is -0.434. The summed E-state index contributed by atoms with van der Waals surface area (Å²) >= 11 is 0. The molecule has 1 saturated heterocycles. The largest absolute Gasteiger partial charge is 0.478 e. The lowest BCUT2D eigenvalue weighted by atomic mass is 10.1. The maximum atomic E-state index is 10.7. The summed E-state index contributed by atoms with van der Waals surface area (Å²) in [6.07, 6.45) is -4.52. The Bertz CT molecular complexity index is 444. The minimum absolute atomic E-state index is 0.105. The maximum Gasteiger partial charge on any atom is 0.335 e. The van der Waals surface area contributed by atoms with E-state index in [9.17, 15) is 15.0 Å².